The number of aromatic nitrogens is 1. The monoisotopic (exact) mass is 254 g/mol. The number of hydrogen-bond acceptors (Lipinski definition) is 3. The smallest absolute Gasteiger partial charge is 0.141 e. The first kappa shape index (κ1) is 12.8. The average Bonchev–Trinajstić information content (AvgIpc) is 2.77. The molecule has 0 aromatic carbocycles. The molecule has 1 fully saturated rings. The molecule has 3 unspecified atom stereocenters. The second-order valence-electron chi connectivity index (χ2n) is 4.69. The van der Waals surface area contributed by atoms with Crippen LogP contribution in [-0.2, 0) is 0 Å². The Morgan fingerprint density at radius 2 is 2.29 bits per heavy atom. The highest BCUT2D eigenvalue weighted by molar-refractivity contribution is 7.99. The molecule has 1 N–H and O–H groups in total. The van der Waals surface area contributed by atoms with E-state index < -0.39 is 0 Å². The van der Waals surface area contributed by atoms with E-state index in [4.69, 9.17) is 0 Å². The Morgan fingerprint density at radius 1 is 1.47 bits per heavy atom. The summed E-state index contributed by atoms with van der Waals surface area (Å²) in [6.07, 6.45) is 8.88. The lowest BCUT2D eigenvalue weighted by Gasteiger charge is -2.19. The van der Waals surface area contributed by atoms with Crippen LogP contribution in [0.3, 0.4) is 0 Å². The van der Waals surface area contributed by atoms with E-state index in [1.807, 2.05) is 11.8 Å². The van der Waals surface area contributed by atoms with Gasteiger partial charge in [0.15, 0.2) is 0 Å². The SMILES string of the molecule is CSC1CCC(NC(C)c2cncc(F)c2)C1. The van der Waals surface area contributed by atoms with Gasteiger partial charge in [-0.3, -0.25) is 4.98 Å². The van der Waals surface area contributed by atoms with Crippen LogP contribution in [-0.4, -0.2) is 22.5 Å². The fourth-order valence-corrected chi connectivity index (χ4v) is 3.22. The van der Waals surface area contributed by atoms with Crippen LogP contribution in [0.15, 0.2) is 18.5 Å². The van der Waals surface area contributed by atoms with Crippen molar-refractivity contribution in [3.63, 3.8) is 0 Å². The van der Waals surface area contributed by atoms with Crippen molar-refractivity contribution >= 4 is 11.8 Å². The molecule has 0 amide bonds. The van der Waals surface area contributed by atoms with Crippen LogP contribution in [0.5, 0.6) is 0 Å². The number of rotatable bonds is 4. The second-order valence-corrected chi connectivity index (χ2v) is 5.83. The minimum atomic E-state index is -0.260. The van der Waals surface area contributed by atoms with Crippen LogP contribution in [0.4, 0.5) is 4.39 Å². The number of nitrogens with zero attached hydrogens (tertiary/aromatic N) is 1. The van der Waals surface area contributed by atoms with Crippen molar-refractivity contribution < 1.29 is 4.39 Å². The van der Waals surface area contributed by atoms with E-state index in [-0.39, 0.29) is 11.9 Å². The van der Waals surface area contributed by atoms with E-state index in [9.17, 15) is 4.39 Å². The summed E-state index contributed by atoms with van der Waals surface area (Å²) < 4.78 is 13.1. The molecule has 2 nitrogen and oxygen atoms in total. The van der Waals surface area contributed by atoms with Gasteiger partial charge in [0, 0.05) is 23.5 Å². The number of hydrogen-bond donors (Lipinski definition) is 1. The molecular formula is C13H19FN2S. The first-order chi connectivity index (χ1) is 8.19. The first-order valence-corrected chi connectivity index (χ1v) is 7.37. The lowest BCUT2D eigenvalue weighted by Crippen LogP contribution is -2.29. The maximum absolute atomic E-state index is 13.1. The van der Waals surface area contributed by atoms with Gasteiger partial charge in [0.1, 0.15) is 5.82 Å². The Morgan fingerprint density at radius 3 is 2.94 bits per heavy atom. The van der Waals surface area contributed by atoms with Crippen LogP contribution in [0.1, 0.15) is 37.8 Å². The Bertz CT molecular complexity index is 372. The molecule has 0 saturated heterocycles. The molecule has 1 aromatic rings. The predicted octanol–water partition coefficient (Wildman–Crippen LogP) is 3.16. The van der Waals surface area contributed by atoms with Gasteiger partial charge >= 0.3 is 0 Å². The maximum Gasteiger partial charge on any atom is 0.141 e. The van der Waals surface area contributed by atoms with Gasteiger partial charge in [-0.25, -0.2) is 4.39 Å². The van der Waals surface area contributed by atoms with Crippen LogP contribution in [0.2, 0.25) is 0 Å². The molecule has 0 spiro atoms. The first-order valence-electron chi connectivity index (χ1n) is 6.08. The maximum atomic E-state index is 13.1. The summed E-state index contributed by atoms with van der Waals surface area (Å²) in [6.45, 7) is 2.07. The molecule has 1 aliphatic rings. The summed E-state index contributed by atoms with van der Waals surface area (Å²) >= 11 is 1.95. The van der Waals surface area contributed by atoms with E-state index in [2.05, 4.69) is 23.5 Å². The third kappa shape index (κ3) is 3.42. The van der Waals surface area contributed by atoms with Gasteiger partial charge in [-0.2, -0.15) is 11.8 Å². The van der Waals surface area contributed by atoms with Crippen LogP contribution in [0, 0.1) is 5.82 Å². The third-order valence-corrected chi connectivity index (χ3v) is 4.52. The fraction of sp³-hybridized carbons (Fsp3) is 0.615. The van der Waals surface area contributed by atoms with E-state index in [1.165, 1.54) is 25.5 Å². The molecule has 0 aliphatic heterocycles. The second kappa shape index (κ2) is 5.83. The molecule has 1 saturated carbocycles. The van der Waals surface area contributed by atoms with Gasteiger partial charge in [-0.15, -0.1) is 0 Å². The summed E-state index contributed by atoms with van der Waals surface area (Å²) in [5.41, 5.74) is 0.928. The standard InChI is InChI=1S/C13H19FN2S/c1-9(10-5-11(14)8-15-7-10)16-12-3-4-13(6-12)17-2/h5,7-9,12-13,16H,3-4,6H2,1-2H3. The van der Waals surface area contributed by atoms with Gasteiger partial charge in [0.25, 0.3) is 0 Å². The normalized spacial score (nSPS) is 26.1. The summed E-state index contributed by atoms with van der Waals surface area (Å²) in [6, 6.07) is 2.29. The van der Waals surface area contributed by atoms with E-state index in [1.54, 1.807) is 12.3 Å². The predicted molar refractivity (Wildman–Crippen MR) is 70.7 cm³/mol. The minimum Gasteiger partial charge on any atom is -0.307 e. The molecule has 1 aromatic heterocycles. The van der Waals surface area contributed by atoms with Crippen molar-refractivity contribution in [2.75, 3.05) is 6.26 Å². The lowest BCUT2D eigenvalue weighted by atomic mass is 10.1. The Hall–Kier alpha value is -0.610. The van der Waals surface area contributed by atoms with Crippen molar-refractivity contribution in [2.45, 2.75) is 43.5 Å². The van der Waals surface area contributed by atoms with E-state index >= 15 is 0 Å². The quantitative estimate of drug-likeness (QED) is 0.893. The third-order valence-electron chi connectivity index (χ3n) is 3.43. The van der Waals surface area contributed by atoms with Crippen molar-refractivity contribution in [3.05, 3.63) is 29.8 Å². The van der Waals surface area contributed by atoms with Crippen molar-refractivity contribution in [1.29, 1.82) is 0 Å². The van der Waals surface area contributed by atoms with Crippen molar-refractivity contribution in [3.8, 4) is 0 Å². The van der Waals surface area contributed by atoms with Gasteiger partial charge in [0.05, 0.1) is 6.20 Å². The molecule has 1 aliphatic carbocycles. The van der Waals surface area contributed by atoms with Gasteiger partial charge in [-0.1, -0.05) is 0 Å². The minimum absolute atomic E-state index is 0.170. The molecule has 94 valence electrons. The molecule has 17 heavy (non-hydrogen) atoms. The molecule has 2 rings (SSSR count). The lowest BCUT2D eigenvalue weighted by molar-refractivity contribution is 0.459. The molecule has 0 radical (unpaired) electrons. The Labute approximate surface area is 106 Å². The molecular weight excluding hydrogens is 235 g/mol. The van der Waals surface area contributed by atoms with Gasteiger partial charge in [0.2, 0.25) is 0 Å². The van der Waals surface area contributed by atoms with Gasteiger partial charge in [-0.05, 0) is 44.1 Å². The highest BCUT2D eigenvalue weighted by Gasteiger charge is 2.25. The zero-order valence-electron chi connectivity index (χ0n) is 10.3. The average molecular weight is 254 g/mol. The van der Waals surface area contributed by atoms with Crippen LogP contribution >= 0.6 is 11.8 Å². The number of thioether (sulfide) groups is 1. The van der Waals surface area contributed by atoms with Gasteiger partial charge < -0.3 is 5.32 Å². The van der Waals surface area contributed by atoms with Crippen LogP contribution < -0.4 is 5.32 Å². The summed E-state index contributed by atoms with van der Waals surface area (Å²) in [4.78, 5) is 3.89. The molecule has 3 atom stereocenters. The number of halogens is 1. The highest BCUT2D eigenvalue weighted by atomic mass is 32.2. The zero-order valence-corrected chi connectivity index (χ0v) is 11.1. The molecule has 4 heteroatoms. The largest absolute Gasteiger partial charge is 0.307 e. The number of pyridine rings is 1. The summed E-state index contributed by atoms with van der Waals surface area (Å²) in [7, 11) is 0. The topological polar surface area (TPSA) is 24.9 Å². The highest BCUT2D eigenvalue weighted by Crippen LogP contribution is 2.29. The van der Waals surface area contributed by atoms with Crippen LogP contribution in [0.25, 0.3) is 0 Å². The fourth-order valence-electron chi connectivity index (χ4n) is 2.42. The Balaban J connectivity index is 1.91. The van der Waals surface area contributed by atoms with E-state index in [0.29, 0.717) is 6.04 Å². The summed E-state index contributed by atoms with van der Waals surface area (Å²) in [5, 5.41) is 4.35. The summed E-state index contributed by atoms with van der Waals surface area (Å²) in [5.74, 6) is -0.260. The zero-order chi connectivity index (χ0) is 12.3. The molecule has 1 heterocycles. The van der Waals surface area contributed by atoms with Crippen molar-refractivity contribution in [2.24, 2.45) is 0 Å². The van der Waals surface area contributed by atoms with E-state index in [0.717, 1.165) is 10.8 Å². The number of nitrogens with one attached hydrogen (secondary N) is 1. The Kier molecular flexibility index (Phi) is 4.40. The van der Waals surface area contributed by atoms with Crippen molar-refractivity contribution in [1.82, 2.24) is 10.3 Å². The molecule has 0 bridgehead atoms.